The predicted octanol–water partition coefficient (Wildman–Crippen LogP) is 0.00490. The van der Waals surface area contributed by atoms with Crippen LogP contribution in [0.5, 0.6) is 0 Å². The lowest BCUT2D eigenvalue weighted by atomic mass is 10.2. The van der Waals surface area contributed by atoms with Gasteiger partial charge in [0.15, 0.2) is 0 Å². The van der Waals surface area contributed by atoms with Crippen molar-refractivity contribution in [2.75, 3.05) is 0 Å². The van der Waals surface area contributed by atoms with E-state index < -0.39 is 17.1 Å². The number of aliphatic hydroxyl groups excluding tert-OH is 1. The van der Waals surface area contributed by atoms with Crippen molar-refractivity contribution in [2.45, 2.75) is 25.6 Å². The normalized spacial score (nSPS) is 14.3. The summed E-state index contributed by atoms with van der Waals surface area (Å²) in [6.45, 7) is 1.97. The van der Waals surface area contributed by atoms with Gasteiger partial charge in [-0.15, -0.1) is 0 Å². The molecule has 0 aliphatic carbocycles. The summed E-state index contributed by atoms with van der Waals surface area (Å²) in [5.74, 6) is 0. The van der Waals surface area contributed by atoms with Crippen LogP contribution in [0.2, 0.25) is 0 Å². The van der Waals surface area contributed by atoms with E-state index in [9.17, 15) is 15.2 Å². The van der Waals surface area contributed by atoms with Gasteiger partial charge in [-0.3, -0.25) is 19.5 Å². The zero-order chi connectivity index (χ0) is 13.1. The van der Waals surface area contributed by atoms with Crippen LogP contribution in [0, 0.1) is 10.1 Å². The van der Waals surface area contributed by atoms with E-state index >= 15 is 0 Å². The van der Waals surface area contributed by atoms with Crippen LogP contribution in [0.3, 0.4) is 0 Å². The summed E-state index contributed by atoms with van der Waals surface area (Å²) >= 11 is 0. The molecular formula is C9H12N6O3. The first-order valence-electron chi connectivity index (χ1n) is 5.27. The Bertz CT molecular complexity index is 522. The lowest BCUT2D eigenvalue weighted by Crippen LogP contribution is -2.27. The molecule has 0 amide bonds. The van der Waals surface area contributed by atoms with Crippen molar-refractivity contribution in [1.29, 1.82) is 0 Å². The van der Waals surface area contributed by atoms with Crippen molar-refractivity contribution in [3.05, 3.63) is 35.2 Å². The molecule has 0 spiro atoms. The largest absolute Gasteiger partial charge is 0.389 e. The summed E-state index contributed by atoms with van der Waals surface area (Å²) < 4.78 is 2.85. The van der Waals surface area contributed by atoms with Crippen molar-refractivity contribution in [3.8, 4) is 0 Å². The van der Waals surface area contributed by atoms with Crippen molar-refractivity contribution >= 4 is 5.69 Å². The van der Waals surface area contributed by atoms with Crippen LogP contribution < -0.4 is 0 Å². The Balaban J connectivity index is 2.05. The molecule has 0 saturated heterocycles. The lowest BCUT2D eigenvalue weighted by molar-refractivity contribution is -0.385. The van der Waals surface area contributed by atoms with Crippen LogP contribution in [-0.4, -0.2) is 40.7 Å². The predicted molar refractivity (Wildman–Crippen MR) is 59.6 cm³/mol. The molecule has 2 aromatic heterocycles. The fraction of sp³-hybridized carbons (Fsp3) is 0.444. The molecule has 2 aromatic rings. The molecular weight excluding hydrogens is 240 g/mol. The van der Waals surface area contributed by atoms with Crippen LogP contribution in [0.15, 0.2) is 25.0 Å². The Morgan fingerprint density at radius 2 is 2.33 bits per heavy atom. The maximum atomic E-state index is 10.5. The first kappa shape index (κ1) is 12.2. The van der Waals surface area contributed by atoms with E-state index in [-0.39, 0.29) is 12.2 Å². The molecule has 1 N–H and O–H groups in total. The molecule has 9 nitrogen and oxygen atoms in total. The van der Waals surface area contributed by atoms with Crippen molar-refractivity contribution in [1.82, 2.24) is 24.5 Å². The van der Waals surface area contributed by atoms with Gasteiger partial charge in [0.05, 0.1) is 23.6 Å². The molecule has 0 bridgehead atoms. The molecule has 0 fully saturated rings. The third-order valence-corrected chi connectivity index (χ3v) is 2.61. The highest BCUT2D eigenvalue weighted by molar-refractivity contribution is 5.21. The topological polar surface area (TPSA) is 112 Å². The van der Waals surface area contributed by atoms with Gasteiger partial charge >= 0.3 is 5.69 Å². The van der Waals surface area contributed by atoms with Gasteiger partial charge in [-0.1, -0.05) is 0 Å². The highest BCUT2D eigenvalue weighted by Crippen LogP contribution is 2.16. The number of hydrogen-bond donors (Lipinski definition) is 1. The standard InChI is InChI=1S/C9H12N6O3/c1-7(9(16)4-13-6-10-5-12-13)14-3-8(2-11-14)15(17)18/h2-3,5-7,9,16H,4H2,1H3. The first-order chi connectivity index (χ1) is 8.58. The average Bonchev–Trinajstić information content (AvgIpc) is 2.98. The van der Waals surface area contributed by atoms with Gasteiger partial charge in [0.1, 0.15) is 25.0 Å². The Labute approximate surface area is 102 Å². The minimum Gasteiger partial charge on any atom is -0.389 e. The van der Waals surface area contributed by atoms with Crippen LogP contribution in [0.4, 0.5) is 5.69 Å². The van der Waals surface area contributed by atoms with Crippen LogP contribution >= 0.6 is 0 Å². The van der Waals surface area contributed by atoms with Gasteiger partial charge in [0.25, 0.3) is 0 Å². The number of nitrogens with zero attached hydrogens (tertiary/aromatic N) is 6. The summed E-state index contributed by atoms with van der Waals surface area (Å²) in [7, 11) is 0. The van der Waals surface area contributed by atoms with Crippen LogP contribution in [0.1, 0.15) is 13.0 Å². The molecule has 2 atom stereocenters. The van der Waals surface area contributed by atoms with Gasteiger partial charge in [-0.25, -0.2) is 4.98 Å². The summed E-state index contributed by atoms with van der Waals surface area (Å²) in [5.41, 5.74) is -0.102. The van der Waals surface area contributed by atoms with E-state index in [1.54, 1.807) is 6.92 Å². The lowest BCUT2D eigenvalue weighted by Gasteiger charge is -2.18. The second kappa shape index (κ2) is 4.92. The minimum absolute atomic E-state index is 0.102. The van der Waals surface area contributed by atoms with Gasteiger partial charge in [-0.05, 0) is 6.92 Å². The molecule has 9 heteroatoms. The SMILES string of the molecule is CC(C(O)Cn1cncn1)n1cc([N+](=O)[O-])cn1. The van der Waals surface area contributed by atoms with Crippen molar-refractivity contribution < 1.29 is 10.0 Å². The van der Waals surface area contributed by atoms with Crippen molar-refractivity contribution in [3.63, 3.8) is 0 Å². The summed E-state index contributed by atoms with van der Waals surface area (Å²) in [4.78, 5) is 13.8. The average molecular weight is 252 g/mol. The molecule has 0 aromatic carbocycles. The Hall–Kier alpha value is -2.29. The number of aromatic nitrogens is 5. The van der Waals surface area contributed by atoms with E-state index in [4.69, 9.17) is 0 Å². The smallest absolute Gasteiger partial charge is 0.307 e. The summed E-state index contributed by atoms with van der Waals surface area (Å²) in [6.07, 6.45) is 4.53. The highest BCUT2D eigenvalue weighted by atomic mass is 16.6. The van der Waals surface area contributed by atoms with Crippen molar-refractivity contribution in [2.24, 2.45) is 0 Å². The Morgan fingerprint density at radius 3 is 2.89 bits per heavy atom. The zero-order valence-electron chi connectivity index (χ0n) is 9.62. The number of rotatable bonds is 5. The second-order valence-corrected chi connectivity index (χ2v) is 3.86. The van der Waals surface area contributed by atoms with Gasteiger partial charge in [-0.2, -0.15) is 10.2 Å². The maximum absolute atomic E-state index is 10.5. The monoisotopic (exact) mass is 252 g/mol. The fourth-order valence-corrected chi connectivity index (χ4v) is 1.49. The molecule has 2 rings (SSSR count). The maximum Gasteiger partial charge on any atom is 0.307 e. The quantitative estimate of drug-likeness (QED) is 0.592. The minimum atomic E-state index is -0.772. The van der Waals surface area contributed by atoms with Gasteiger partial charge in [0.2, 0.25) is 0 Å². The Morgan fingerprint density at radius 1 is 1.56 bits per heavy atom. The summed E-state index contributed by atoms with van der Waals surface area (Å²) in [6, 6.07) is -0.400. The van der Waals surface area contributed by atoms with E-state index in [1.807, 2.05) is 0 Å². The number of hydrogen-bond acceptors (Lipinski definition) is 6. The van der Waals surface area contributed by atoms with Crippen LogP contribution in [0.25, 0.3) is 0 Å². The Kier molecular flexibility index (Phi) is 3.33. The molecule has 96 valence electrons. The molecule has 18 heavy (non-hydrogen) atoms. The third kappa shape index (κ3) is 2.51. The molecule has 0 radical (unpaired) electrons. The van der Waals surface area contributed by atoms with E-state index in [0.29, 0.717) is 0 Å². The molecule has 0 saturated carbocycles. The molecule has 2 heterocycles. The second-order valence-electron chi connectivity index (χ2n) is 3.86. The third-order valence-electron chi connectivity index (χ3n) is 2.61. The van der Waals surface area contributed by atoms with E-state index in [1.165, 1.54) is 28.2 Å². The number of nitro groups is 1. The zero-order valence-corrected chi connectivity index (χ0v) is 9.62. The molecule has 0 aliphatic rings. The summed E-state index contributed by atoms with van der Waals surface area (Å²) in [5, 5.41) is 28.2. The highest BCUT2D eigenvalue weighted by Gasteiger charge is 2.20. The van der Waals surface area contributed by atoms with E-state index in [0.717, 1.165) is 6.20 Å². The van der Waals surface area contributed by atoms with E-state index in [2.05, 4.69) is 15.2 Å². The van der Waals surface area contributed by atoms with Gasteiger partial charge in [0, 0.05) is 0 Å². The molecule has 2 unspecified atom stereocenters. The van der Waals surface area contributed by atoms with Gasteiger partial charge < -0.3 is 5.11 Å². The molecule has 0 aliphatic heterocycles. The fourth-order valence-electron chi connectivity index (χ4n) is 1.49. The van der Waals surface area contributed by atoms with Crippen LogP contribution in [-0.2, 0) is 6.54 Å². The first-order valence-corrected chi connectivity index (χ1v) is 5.27. The number of aliphatic hydroxyl groups is 1.